The van der Waals surface area contributed by atoms with E-state index in [1.807, 2.05) is 13.0 Å². The minimum absolute atomic E-state index is 0.587. The van der Waals surface area contributed by atoms with Crippen LogP contribution in [0.4, 0.5) is 11.6 Å². The van der Waals surface area contributed by atoms with Gasteiger partial charge in [0.05, 0.1) is 11.9 Å². The fraction of sp³-hybridized carbons (Fsp3) is 0.100. The maximum Gasteiger partial charge on any atom is 0.227 e. The van der Waals surface area contributed by atoms with Gasteiger partial charge in [-0.15, -0.1) is 0 Å². The summed E-state index contributed by atoms with van der Waals surface area (Å²) in [7, 11) is 0. The molecule has 0 aliphatic carbocycles. The molecular formula is C10H10N4. The van der Waals surface area contributed by atoms with Gasteiger partial charge in [0, 0.05) is 18.6 Å². The molecule has 0 saturated carbocycles. The molecule has 4 nitrogen and oxygen atoms in total. The maximum absolute atomic E-state index is 4.07. The molecule has 0 bridgehead atoms. The fourth-order valence-electron chi connectivity index (χ4n) is 1.08. The largest absolute Gasteiger partial charge is 0.323 e. The lowest BCUT2D eigenvalue weighted by atomic mass is 10.2. The summed E-state index contributed by atoms with van der Waals surface area (Å²) < 4.78 is 0. The van der Waals surface area contributed by atoms with Crippen LogP contribution in [0.1, 0.15) is 5.56 Å². The molecule has 0 saturated heterocycles. The van der Waals surface area contributed by atoms with Gasteiger partial charge in [-0.25, -0.2) is 9.97 Å². The van der Waals surface area contributed by atoms with Crippen LogP contribution in [0.2, 0.25) is 0 Å². The summed E-state index contributed by atoms with van der Waals surface area (Å²) >= 11 is 0. The molecule has 0 spiro atoms. The van der Waals surface area contributed by atoms with Crippen molar-refractivity contribution in [2.45, 2.75) is 6.92 Å². The summed E-state index contributed by atoms with van der Waals surface area (Å²) in [5, 5.41) is 3.09. The van der Waals surface area contributed by atoms with Crippen molar-refractivity contribution >= 4 is 11.6 Å². The first-order valence-corrected chi connectivity index (χ1v) is 4.31. The van der Waals surface area contributed by atoms with Crippen LogP contribution in [0, 0.1) is 6.92 Å². The smallest absolute Gasteiger partial charge is 0.227 e. The zero-order valence-corrected chi connectivity index (χ0v) is 7.81. The standard InChI is InChI=1S/C10H10N4/c1-8-3-6-11-7-9(8)14-10-12-4-2-5-13-10/h2-7H,1H3,(H,12,13,14). The van der Waals surface area contributed by atoms with Gasteiger partial charge in [0.15, 0.2) is 0 Å². The Morgan fingerprint density at radius 2 is 1.93 bits per heavy atom. The van der Waals surface area contributed by atoms with Crippen LogP contribution in [-0.2, 0) is 0 Å². The SMILES string of the molecule is Cc1ccncc1Nc1ncccn1. The molecule has 70 valence electrons. The molecule has 0 fully saturated rings. The van der Waals surface area contributed by atoms with E-state index in [2.05, 4.69) is 20.3 Å². The summed E-state index contributed by atoms with van der Waals surface area (Å²) in [4.78, 5) is 12.2. The molecular weight excluding hydrogens is 176 g/mol. The van der Waals surface area contributed by atoms with E-state index in [-0.39, 0.29) is 0 Å². The number of hydrogen-bond acceptors (Lipinski definition) is 4. The van der Waals surface area contributed by atoms with Crippen LogP contribution < -0.4 is 5.32 Å². The highest BCUT2D eigenvalue weighted by Gasteiger charge is 1.98. The van der Waals surface area contributed by atoms with E-state index in [4.69, 9.17) is 0 Å². The van der Waals surface area contributed by atoms with E-state index in [1.54, 1.807) is 30.9 Å². The first-order chi connectivity index (χ1) is 6.86. The molecule has 4 heteroatoms. The second kappa shape index (κ2) is 3.83. The van der Waals surface area contributed by atoms with Crippen LogP contribution in [0.15, 0.2) is 36.9 Å². The molecule has 2 aromatic rings. The van der Waals surface area contributed by atoms with Gasteiger partial charge in [-0.3, -0.25) is 4.98 Å². The van der Waals surface area contributed by atoms with Crippen molar-refractivity contribution in [3.05, 3.63) is 42.5 Å². The fourth-order valence-corrected chi connectivity index (χ4v) is 1.08. The summed E-state index contributed by atoms with van der Waals surface area (Å²) in [5.74, 6) is 0.587. The van der Waals surface area contributed by atoms with E-state index in [0.29, 0.717) is 5.95 Å². The molecule has 2 heterocycles. The molecule has 0 aliphatic heterocycles. The molecule has 2 aromatic heterocycles. The first-order valence-electron chi connectivity index (χ1n) is 4.31. The van der Waals surface area contributed by atoms with Gasteiger partial charge < -0.3 is 5.32 Å². The molecule has 0 atom stereocenters. The van der Waals surface area contributed by atoms with E-state index in [9.17, 15) is 0 Å². The number of anilines is 2. The Hall–Kier alpha value is -1.97. The Kier molecular flexibility index (Phi) is 2.36. The Morgan fingerprint density at radius 1 is 1.14 bits per heavy atom. The molecule has 14 heavy (non-hydrogen) atoms. The average Bonchev–Trinajstić information content (AvgIpc) is 2.23. The maximum atomic E-state index is 4.07. The lowest BCUT2D eigenvalue weighted by Crippen LogP contribution is -1.97. The van der Waals surface area contributed by atoms with E-state index >= 15 is 0 Å². The molecule has 0 amide bonds. The summed E-state index contributed by atoms with van der Waals surface area (Å²) in [6.45, 7) is 2.01. The minimum atomic E-state index is 0.587. The third-order valence-electron chi connectivity index (χ3n) is 1.85. The molecule has 0 unspecified atom stereocenters. The Labute approximate surface area is 82.1 Å². The van der Waals surface area contributed by atoms with Crippen molar-refractivity contribution in [2.24, 2.45) is 0 Å². The van der Waals surface area contributed by atoms with Crippen molar-refractivity contribution < 1.29 is 0 Å². The summed E-state index contributed by atoms with van der Waals surface area (Å²) in [5.41, 5.74) is 2.05. The normalized spacial score (nSPS) is 9.79. The monoisotopic (exact) mass is 186 g/mol. The lowest BCUT2D eigenvalue weighted by molar-refractivity contribution is 1.15. The Morgan fingerprint density at radius 3 is 2.64 bits per heavy atom. The van der Waals surface area contributed by atoms with Crippen molar-refractivity contribution in [2.75, 3.05) is 5.32 Å². The van der Waals surface area contributed by atoms with Gasteiger partial charge in [0.2, 0.25) is 5.95 Å². The van der Waals surface area contributed by atoms with E-state index < -0.39 is 0 Å². The van der Waals surface area contributed by atoms with Gasteiger partial charge in [-0.2, -0.15) is 0 Å². The quantitative estimate of drug-likeness (QED) is 0.778. The number of aromatic nitrogens is 3. The summed E-state index contributed by atoms with van der Waals surface area (Å²) in [6.07, 6.45) is 6.90. The van der Waals surface area contributed by atoms with Crippen LogP contribution in [0.25, 0.3) is 0 Å². The summed E-state index contributed by atoms with van der Waals surface area (Å²) in [6, 6.07) is 3.71. The van der Waals surface area contributed by atoms with Gasteiger partial charge in [-0.1, -0.05) is 0 Å². The van der Waals surface area contributed by atoms with Gasteiger partial charge in [-0.05, 0) is 24.6 Å². The number of rotatable bonds is 2. The predicted molar refractivity (Wildman–Crippen MR) is 54.3 cm³/mol. The molecule has 1 N–H and O–H groups in total. The van der Waals surface area contributed by atoms with Crippen molar-refractivity contribution in [1.82, 2.24) is 15.0 Å². The minimum Gasteiger partial charge on any atom is -0.323 e. The van der Waals surface area contributed by atoms with Gasteiger partial charge in [0.25, 0.3) is 0 Å². The highest BCUT2D eigenvalue weighted by Crippen LogP contribution is 2.14. The van der Waals surface area contributed by atoms with Crippen LogP contribution in [-0.4, -0.2) is 15.0 Å². The van der Waals surface area contributed by atoms with E-state index in [0.717, 1.165) is 11.3 Å². The van der Waals surface area contributed by atoms with Crippen LogP contribution in [0.5, 0.6) is 0 Å². The van der Waals surface area contributed by atoms with Crippen molar-refractivity contribution in [3.63, 3.8) is 0 Å². The van der Waals surface area contributed by atoms with Crippen LogP contribution in [0.3, 0.4) is 0 Å². The highest BCUT2D eigenvalue weighted by molar-refractivity contribution is 5.55. The van der Waals surface area contributed by atoms with Gasteiger partial charge in [0.1, 0.15) is 0 Å². The second-order valence-corrected chi connectivity index (χ2v) is 2.89. The number of nitrogens with zero attached hydrogens (tertiary/aromatic N) is 3. The third kappa shape index (κ3) is 1.85. The number of nitrogens with one attached hydrogen (secondary N) is 1. The predicted octanol–water partition coefficient (Wildman–Crippen LogP) is 1.92. The van der Waals surface area contributed by atoms with E-state index in [1.165, 1.54) is 0 Å². The first kappa shape index (κ1) is 8.62. The van der Waals surface area contributed by atoms with Gasteiger partial charge >= 0.3 is 0 Å². The van der Waals surface area contributed by atoms with Crippen molar-refractivity contribution in [1.29, 1.82) is 0 Å². The lowest BCUT2D eigenvalue weighted by Gasteiger charge is -2.05. The van der Waals surface area contributed by atoms with Crippen LogP contribution >= 0.6 is 0 Å². The Balaban J connectivity index is 2.24. The molecule has 0 aliphatic rings. The number of aryl methyl sites for hydroxylation is 1. The third-order valence-corrected chi connectivity index (χ3v) is 1.85. The zero-order chi connectivity index (χ0) is 9.80. The average molecular weight is 186 g/mol. The highest BCUT2D eigenvalue weighted by atomic mass is 15.1. The Bertz CT molecular complexity index is 413. The number of hydrogen-bond donors (Lipinski definition) is 1. The molecule has 0 radical (unpaired) electrons. The number of pyridine rings is 1. The van der Waals surface area contributed by atoms with Crippen molar-refractivity contribution in [3.8, 4) is 0 Å². The topological polar surface area (TPSA) is 50.7 Å². The zero-order valence-electron chi connectivity index (χ0n) is 7.81. The molecule has 2 rings (SSSR count). The second-order valence-electron chi connectivity index (χ2n) is 2.89. The molecule has 0 aromatic carbocycles.